The summed E-state index contributed by atoms with van der Waals surface area (Å²) >= 11 is 0. The molecular weight excluding hydrogens is 469 g/mol. The highest BCUT2D eigenvalue weighted by molar-refractivity contribution is 7.92. The number of benzene rings is 3. The van der Waals surface area contributed by atoms with E-state index in [1.165, 1.54) is 55.1 Å². The van der Waals surface area contributed by atoms with Crippen LogP contribution in [0.4, 0.5) is 10.1 Å². The van der Waals surface area contributed by atoms with Crippen molar-refractivity contribution in [2.24, 2.45) is 0 Å². The van der Waals surface area contributed by atoms with E-state index in [-0.39, 0.29) is 16.5 Å². The molecule has 0 aromatic heterocycles. The number of ether oxygens (including phenoxy) is 1. The number of carbonyl (C=O) groups is 1. The lowest BCUT2D eigenvalue weighted by atomic mass is 10.2. The Morgan fingerprint density at radius 2 is 1.54 bits per heavy atom. The molecule has 35 heavy (non-hydrogen) atoms. The van der Waals surface area contributed by atoms with Crippen LogP contribution in [0.1, 0.15) is 5.56 Å². The first-order valence-electron chi connectivity index (χ1n) is 11.3. The summed E-state index contributed by atoms with van der Waals surface area (Å²) in [6, 6.07) is 21.4. The molecule has 1 aliphatic heterocycles. The van der Waals surface area contributed by atoms with Crippen molar-refractivity contribution in [1.29, 1.82) is 0 Å². The third kappa shape index (κ3) is 5.80. The molecule has 0 saturated carbocycles. The normalized spacial score (nSPS) is 14.5. The maximum Gasteiger partial charge on any atom is 0.264 e. The molecule has 0 N–H and O–H groups in total. The lowest BCUT2D eigenvalue weighted by Crippen LogP contribution is -2.51. The van der Waals surface area contributed by atoms with Gasteiger partial charge in [0.05, 0.1) is 17.7 Å². The highest BCUT2D eigenvalue weighted by atomic mass is 32.2. The number of para-hydroxylation sites is 1. The quantitative estimate of drug-likeness (QED) is 0.477. The average Bonchev–Trinajstić information content (AvgIpc) is 2.88. The third-order valence-electron chi connectivity index (χ3n) is 6.02. The zero-order valence-electron chi connectivity index (χ0n) is 19.5. The highest BCUT2D eigenvalue weighted by Gasteiger charge is 2.31. The minimum absolute atomic E-state index is 0.0537. The molecule has 3 aromatic rings. The number of hydrogen-bond acceptors (Lipinski definition) is 5. The standard InChI is InChI=1S/C26H28FN3O4S/c1-34-22-11-13-23(14-12-22)35(32,33)30(25-10-6-5-9-24(25)27)20-26(31)29-17-15-28(16-18-29)19-21-7-3-2-4-8-21/h2-14H,15-20H2,1H3. The van der Waals surface area contributed by atoms with Gasteiger partial charge in [-0.2, -0.15) is 0 Å². The Morgan fingerprint density at radius 3 is 2.17 bits per heavy atom. The van der Waals surface area contributed by atoms with Crippen molar-refractivity contribution in [1.82, 2.24) is 9.80 Å². The van der Waals surface area contributed by atoms with Crippen molar-refractivity contribution in [2.45, 2.75) is 11.4 Å². The predicted octanol–water partition coefficient (Wildman–Crippen LogP) is 3.37. The van der Waals surface area contributed by atoms with Crippen molar-refractivity contribution in [3.63, 3.8) is 0 Å². The Morgan fingerprint density at radius 1 is 0.914 bits per heavy atom. The SMILES string of the molecule is COc1ccc(S(=O)(=O)N(CC(=O)N2CCN(Cc3ccccc3)CC2)c2ccccc2F)cc1. The molecule has 1 saturated heterocycles. The van der Waals surface area contributed by atoms with Crippen molar-refractivity contribution in [3.8, 4) is 5.75 Å². The van der Waals surface area contributed by atoms with E-state index in [1.54, 1.807) is 11.0 Å². The second kappa shape index (κ2) is 10.9. The first-order chi connectivity index (χ1) is 16.9. The van der Waals surface area contributed by atoms with E-state index in [0.717, 1.165) is 10.8 Å². The number of sulfonamides is 1. The van der Waals surface area contributed by atoms with Crippen LogP contribution in [0.25, 0.3) is 0 Å². The Labute approximate surface area is 205 Å². The summed E-state index contributed by atoms with van der Waals surface area (Å²) in [7, 11) is -2.73. The Balaban J connectivity index is 1.50. The molecule has 1 fully saturated rings. The summed E-state index contributed by atoms with van der Waals surface area (Å²) in [6.07, 6.45) is 0. The molecule has 0 radical (unpaired) electrons. The van der Waals surface area contributed by atoms with Crippen LogP contribution in [0.5, 0.6) is 5.75 Å². The van der Waals surface area contributed by atoms with Crippen LogP contribution >= 0.6 is 0 Å². The summed E-state index contributed by atoms with van der Waals surface area (Å²) in [5.74, 6) is -0.597. The summed E-state index contributed by atoms with van der Waals surface area (Å²) in [6.45, 7) is 2.58. The minimum Gasteiger partial charge on any atom is -0.497 e. The Kier molecular flexibility index (Phi) is 7.67. The van der Waals surface area contributed by atoms with Gasteiger partial charge in [0.25, 0.3) is 10.0 Å². The van der Waals surface area contributed by atoms with Crippen LogP contribution in [0.3, 0.4) is 0 Å². The molecule has 184 valence electrons. The van der Waals surface area contributed by atoms with Crippen LogP contribution < -0.4 is 9.04 Å². The minimum atomic E-state index is -4.21. The molecule has 0 atom stereocenters. The summed E-state index contributed by atoms with van der Waals surface area (Å²) in [4.78, 5) is 17.0. The van der Waals surface area contributed by atoms with Gasteiger partial charge in [-0.1, -0.05) is 42.5 Å². The predicted molar refractivity (Wildman–Crippen MR) is 132 cm³/mol. The van der Waals surface area contributed by atoms with E-state index in [2.05, 4.69) is 17.0 Å². The molecule has 4 rings (SSSR count). The molecular formula is C26H28FN3O4S. The number of carbonyl (C=O) groups excluding carboxylic acids is 1. The van der Waals surface area contributed by atoms with Gasteiger partial charge < -0.3 is 9.64 Å². The lowest BCUT2D eigenvalue weighted by Gasteiger charge is -2.36. The monoisotopic (exact) mass is 497 g/mol. The maximum atomic E-state index is 14.7. The fourth-order valence-corrected chi connectivity index (χ4v) is 5.47. The molecule has 0 aliphatic carbocycles. The fourth-order valence-electron chi connectivity index (χ4n) is 4.05. The first kappa shape index (κ1) is 24.7. The van der Waals surface area contributed by atoms with E-state index in [1.807, 2.05) is 18.2 Å². The summed E-state index contributed by atoms with van der Waals surface area (Å²) in [5, 5.41) is 0. The van der Waals surface area contributed by atoms with E-state index in [0.29, 0.717) is 31.9 Å². The number of rotatable bonds is 8. The zero-order valence-corrected chi connectivity index (χ0v) is 20.3. The van der Waals surface area contributed by atoms with Crippen molar-refractivity contribution in [2.75, 3.05) is 44.1 Å². The van der Waals surface area contributed by atoms with Gasteiger partial charge in [0, 0.05) is 32.7 Å². The molecule has 1 aliphatic rings. The second-order valence-electron chi connectivity index (χ2n) is 8.28. The molecule has 7 nitrogen and oxygen atoms in total. The topological polar surface area (TPSA) is 70.2 Å². The average molecular weight is 498 g/mol. The number of amides is 1. The number of piperazine rings is 1. The van der Waals surface area contributed by atoms with E-state index >= 15 is 0 Å². The number of hydrogen-bond donors (Lipinski definition) is 0. The van der Waals surface area contributed by atoms with Gasteiger partial charge in [-0.3, -0.25) is 14.0 Å². The first-order valence-corrected chi connectivity index (χ1v) is 12.8. The van der Waals surface area contributed by atoms with Crippen LogP contribution in [-0.4, -0.2) is 64.0 Å². The van der Waals surface area contributed by atoms with Crippen LogP contribution in [-0.2, 0) is 21.4 Å². The van der Waals surface area contributed by atoms with Crippen molar-refractivity contribution >= 4 is 21.6 Å². The molecule has 0 bridgehead atoms. The molecule has 1 amide bonds. The van der Waals surface area contributed by atoms with E-state index in [4.69, 9.17) is 4.74 Å². The highest BCUT2D eigenvalue weighted by Crippen LogP contribution is 2.27. The summed E-state index contributed by atoms with van der Waals surface area (Å²) in [5.41, 5.74) is 1.03. The molecule has 0 spiro atoms. The summed E-state index contributed by atoms with van der Waals surface area (Å²) < 4.78 is 47.6. The number of methoxy groups -OCH3 is 1. The van der Waals surface area contributed by atoms with E-state index < -0.39 is 22.4 Å². The number of halogens is 1. The van der Waals surface area contributed by atoms with Gasteiger partial charge in [0.2, 0.25) is 5.91 Å². The molecule has 3 aromatic carbocycles. The van der Waals surface area contributed by atoms with Gasteiger partial charge in [-0.15, -0.1) is 0 Å². The van der Waals surface area contributed by atoms with Crippen LogP contribution in [0, 0.1) is 5.82 Å². The Hall–Kier alpha value is -3.43. The van der Waals surface area contributed by atoms with Gasteiger partial charge in [0.1, 0.15) is 18.1 Å². The molecule has 0 unspecified atom stereocenters. The second-order valence-corrected chi connectivity index (χ2v) is 10.1. The van der Waals surface area contributed by atoms with Gasteiger partial charge in [-0.05, 0) is 42.0 Å². The van der Waals surface area contributed by atoms with Gasteiger partial charge in [-0.25, -0.2) is 12.8 Å². The van der Waals surface area contributed by atoms with Crippen molar-refractivity contribution in [3.05, 3.63) is 90.2 Å². The zero-order chi connectivity index (χ0) is 24.8. The Bertz CT molecular complexity index is 1250. The number of anilines is 1. The van der Waals surface area contributed by atoms with Crippen LogP contribution in [0.2, 0.25) is 0 Å². The van der Waals surface area contributed by atoms with E-state index in [9.17, 15) is 17.6 Å². The third-order valence-corrected chi connectivity index (χ3v) is 7.80. The van der Waals surface area contributed by atoms with Gasteiger partial charge in [0.15, 0.2) is 0 Å². The molecule has 1 heterocycles. The largest absolute Gasteiger partial charge is 0.497 e. The van der Waals surface area contributed by atoms with Gasteiger partial charge >= 0.3 is 0 Å². The molecule has 9 heteroatoms. The maximum absolute atomic E-state index is 14.7. The smallest absolute Gasteiger partial charge is 0.264 e. The fraction of sp³-hybridized carbons (Fsp3) is 0.269. The number of nitrogens with zero attached hydrogens (tertiary/aromatic N) is 3. The van der Waals surface area contributed by atoms with Crippen molar-refractivity contribution < 1.29 is 22.3 Å². The lowest BCUT2D eigenvalue weighted by molar-refractivity contribution is -0.131. The van der Waals surface area contributed by atoms with Crippen LogP contribution in [0.15, 0.2) is 83.8 Å².